The van der Waals surface area contributed by atoms with Gasteiger partial charge < -0.3 is 5.32 Å². The van der Waals surface area contributed by atoms with Crippen molar-refractivity contribution >= 4 is 17.6 Å². The highest BCUT2D eigenvalue weighted by atomic mass is 14.8. The number of aliphatic imine (C=N–C) groups is 1. The van der Waals surface area contributed by atoms with Crippen LogP contribution in [0.4, 0.5) is 11.4 Å². The lowest BCUT2D eigenvalue weighted by Crippen LogP contribution is -2.09. The van der Waals surface area contributed by atoms with Gasteiger partial charge in [0.1, 0.15) is 6.07 Å². The van der Waals surface area contributed by atoms with E-state index in [2.05, 4.69) is 69.2 Å². The van der Waals surface area contributed by atoms with Crippen LogP contribution in [0.3, 0.4) is 0 Å². The molecule has 2 atom stereocenters. The zero-order chi connectivity index (χ0) is 20.3. The van der Waals surface area contributed by atoms with Gasteiger partial charge in [0.05, 0.1) is 16.9 Å². The van der Waals surface area contributed by atoms with Crippen LogP contribution in [0.15, 0.2) is 42.0 Å². The molecule has 3 nitrogen and oxygen atoms in total. The lowest BCUT2D eigenvalue weighted by Gasteiger charge is -2.24. The molecule has 144 valence electrons. The minimum Gasteiger partial charge on any atom is -0.361 e. The van der Waals surface area contributed by atoms with E-state index in [-0.39, 0.29) is 0 Å². The van der Waals surface area contributed by atoms with Crippen molar-refractivity contribution in [2.24, 2.45) is 10.9 Å². The lowest BCUT2D eigenvalue weighted by molar-refractivity contribution is 0.667. The van der Waals surface area contributed by atoms with Crippen molar-refractivity contribution in [2.45, 2.75) is 52.9 Å². The van der Waals surface area contributed by atoms with Crippen LogP contribution in [0.1, 0.15) is 61.8 Å². The summed E-state index contributed by atoms with van der Waals surface area (Å²) in [6.07, 6.45) is 6.93. The molecular weight excluding hydrogens is 342 g/mol. The van der Waals surface area contributed by atoms with E-state index in [4.69, 9.17) is 4.99 Å². The van der Waals surface area contributed by atoms with Crippen LogP contribution in [-0.2, 0) is 6.42 Å². The molecule has 0 amide bonds. The van der Waals surface area contributed by atoms with E-state index < -0.39 is 0 Å². The van der Waals surface area contributed by atoms with E-state index >= 15 is 0 Å². The Hall–Kier alpha value is -2.86. The number of nitrogens with one attached hydrogen (secondary N) is 1. The number of nitrogens with zero attached hydrogens (tertiary/aromatic N) is 2. The topological polar surface area (TPSA) is 48.2 Å². The van der Waals surface area contributed by atoms with E-state index in [1.54, 1.807) is 6.20 Å². The summed E-state index contributed by atoms with van der Waals surface area (Å²) in [5, 5.41) is 13.0. The largest absolute Gasteiger partial charge is 0.361 e. The molecular formula is C25H29N3. The Morgan fingerprint density at radius 3 is 2.79 bits per heavy atom. The first-order valence-corrected chi connectivity index (χ1v) is 10.2. The third-order valence-electron chi connectivity index (χ3n) is 5.86. The van der Waals surface area contributed by atoms with Gasteiger partial charge >= 0.3 is 0 Å². The van der Waals surface area contributed by atoms with E-state index in [9.17, 15) is 5.26 Å². The van der Waals surface area contributed by atoms with Crippen molar-refractivity contribution in [3.05, 3.63) is 59.3 Å². The number of rotatable bonds is 6. The van der Waals surface area contributed by atoms with Crippen LogP contribution in [0, 0.1) is 24.2 Å². The number of benzene rings is 2. The van der Waals surface area contributed by atoms with Crippen LogP contribution < -0.4 is 5.32 Å². The monoisotopic (exact) mass is 371 g/mol. The highest BCUT2D eigenvalue weighted by Gasteiger charge is 2.22. The molecule has 0 aromatic heterocycles. The van der Waals surface area contributed by atoms with Crippen LogP contribution in [0.5, 0.6) is 0 Å². The Labute approximate surface area is 168 Å². The molecule has 2 aromatic carbocycles. The van der Waals surface area contributed by atoms with E-state index in [0.717, 1.165) is 41.8 Å². The predicted octanol–water partition coefficient (Wildman–Crippen LogP) is 6.89. The Bertz CT molecular complexity index is 963. The Balaban J connectivity index is 2.22. The van der Waals surface area contributed by atoms with Crippen molar-refractivity contribution < 1.29 is 0 Å². The summed E-state index contributed by atoms with van der Waals surface area (Å²) in [7, 11) is 0. The minimum absolute atomic E-state index is 0.314. The van der Waals surface area contributed by atoms with Crippen molar-refractivity contribution in [3.63, 3.8) is 0 Å². The molecule has 0 radical (unpaired) electrons. The van der Waals surface area contributed by atoms with Gasteiger partial charge in [-0.3, -0.25) is 4.99 Å². The van der Waals surface area contributed by atoms with Crippen LogP contribution in [-0.4, -0.2) is 6.21 Å². The van der Waals surface area contributed by atoms with Crippen LogP contribution in [0.2, 0.25) is 0 Å². The molecule has 0 fully saturated rings. The number of hydrogen-bond donors (Lipinski definition) is 1. The average molecular weight is 372 g/mol. The summed E-state index contributed by atoms with van der Waals surface area (Å²) in [4.78, 5) is 4.73. The molecule has 1 aliphatic rings. The second kappa shape index (κ2) is 8.44. The Morgan fingerprint density at radius 2 is 2.14 bits per heavy atom. The first kappa shape index (κ1) is 19.9. The van der Waals surface area contributed by atoms with E-state index in [1.807, 2.05) is 6.92 Å². The Kier molecular flexibility index (Phi) is 5.99. The van der Waals surface area contributed by atoms with Crippen LogP contribution >= 0.6 is 0 Å². The van der Waals surface area contributed by atoms with Crippen molar-refractivity contribution in [1.82, 2.24) is 0 Å². The van der Waals surface area contributed by atoms with Crippen molar-refractivity contribution in [1.29, 1.82) is 5.26 Å². The fourth-order valence-corrected chi connectivity index (χ4v) is 3.98. The molecule has 1 unspecified atom stereocenters. The first-order valence-electron chi connectivity index (χ1n) is 10.2. The van der Waals surface area contributed by atoms with Gasteiger partial charge in [0, 0.05) is 6.21 Å². The second-order valence-corrected chi connectivity index (χ2v) is 7.67. The maximum absolute atomic E-state index is 9.73. The SMILES string of the molecule is C=CNc1c(C#N)c(C)cc(-c2ccc3c(c2)N=CC(CC)C3)c1[C@H](C)CC. The molecule has 3 heteroatoms. The number of anilines is 1. The van der Waals surface area contributed by atoms with Crippen molar-refractivity contribution in [3.8, 4) is 17.2 Å². The molecule has 3 rings (SSSR count). The zero-order valence-electron chi connectivity index (χ0n) is 17.3. The lowest BCUT2D eigenvalue weighted by atomic mass is 9.84. The molecule has 28 heavy (non-hydrogen) atoms. The molecule has 0 bridgehead atoms. The quantitative estimate of drug-likeness (QED) is 0.601. The smallest absolute Gasteiger partial charge is 0.102 e. The molecule has 1 N–H and O–H groups in total. The van der Waals surface area contributed by atoms with Crippen molar-refractivity contribution in [2.75, 3.05) is 5.32 Å². The second-order valence-electron chi connectivity index (χ2n) is 7.67. The number of hydrogen-bond acceptors (Lipinski definition) is 3. The standard InChI is InChI=1S/C25H29N3/c1-6-16(4)24-21(11-17(5)22(14-26)25(24)27-8-3)19-9-10-20-12-18(7-2)15-28-23(20)13-19/h8-11,13,15-16,18,27H,3,6-7,12H2,1-2,4-5H3/t16-,18?/m1/s1. The summed E-state index contributed by atoms with van der Waals surface area (Å²) >= 11 is 0. The molecule has 0 spiro atoms. The van der Waals surface area contributed by atoms with E-state index in [0.29, 0.717) is 17.4 Å². The molecule has 0 aliphatic carbocycles. The van der Waals surface area contributed by atoms with Gasteiger partial charge in [-0.25, -0.2) is 0 Å². The zero-order valence-corrected chi connectivity index (χ0v) is 17.3. The highest BCUT2D eigenvalue weighted by Crippen LogP contribution is 2.42. The highest BCUT2D eigenvalue weighted by molar-refractivity contribution is 5.83. The van der Waals surface area contributed by atoms with E-state index in [1.165, 1.54) is 16.7 Å². The minimum atomic E-state index is 0.314. The number of fused-ring (bicyclic) bond motifs is 1. The van der Waals surface area contributed by atoms with Gasteiger partial charge in [-0.05, 0) is 84.2 Å². The summed E-state index contributed by atoms with van der Waals surface area (Å²) in [5.74, 6) is 0.851. The Morgan fingerprint density at radius 1 is 1.36 bits per heavy atom. The van der Waals surface area contributed by atoms with Crippen LogP contribution in [0.25, 0.3) is 11.1 Å². The summed E-state index contributed by atoms with van der Waals surface area (Å²) in [5.41, 5.74) is 8.44. The molecule has 1 aliphatic heterocycles. The fraction of sp³-hybridized carbons (Fsp3) is 0.360. The normalized spacial score (nSPS) is 16.2. The molecule has 1 heterocycles. The summed E-state index contributed by atoms with van der Waals surface area (Å²) < 4.78 is 0. The van der Waals surface area contributed by atoms with Gasteiger partial charge in [0.25, 0.3) is 0 Å². The maximum atomic E-state index is 9.73. The van der Waals surface area contributed by atoms with Gasteiger partial charge in [-0.15, -0.1) is 0 Å². The first-order chi connectivity index (χ1) is 13.5. The van der Waals surface area contributed by atoms with Gasteiger partial charge in [-0.1, -0.05) is 39.5 Å². The fourth-order valence-electron chi connectivity index (χ4n) is 3.98. The molecule has 0 saturated heterocycles. The third-order valence-corrected chi connectivity index (χ3v) is 5.86. The number of aryl methyl sites for hydroxylation is 1. The molecule has 0 saturated carbocycles. The molecule has 2 aromatic rings. The van der Waals surface area contributed by atoms with Gasteiger partial charge in [0.2, 0.25) is 0 Å². The predicted molar refractivity (Wildman–Crippen MR) is 119 cm³/mol. The van der Waals surface area contributed by atoms with Gasteiger partial charge in [-0.2, -0.15) is 5.26 Å². The summed E-state index contributed by atoms with van der Waals surface area (Å²) in [6.45, 7) is 12.4. The average Bonchev–Trinajstić information content (AvgIpc) is 2.72. The van der Waals surface area contributed by atoms with Gasteiger partial charge in [0.15, 0.2) is 0 Å². The maximum Gasteiger partial charge on any atom is 0.102 e. The summed E-state index contributed by atoms with van der Waals surface area (Å²) in [6, 6.07) is 11.1. The number of nitriles is 1. The third kappa shape index (κ3) is 3.60.